The maximum atomic E-state index is 12.4. The first-order valence-electron chi connectivity index (χ1n) is 6.81. The largest absolute Gasteiger partial charge is 0.497 e. The van der Waals surface area contributed by atoms with E-state index < -0.39 is 9.84 Å². The minimum Gasteiger partial charge on any atom is -0.497 e. The summed E-state index contributed by atoms with van der Waals surface area (Å²) in [6.45, 7) is 1.48. The maximum Gasteiger partial charge on any atom is 0.184 e. The summed E-state index contributed by atoms with van der Waals surface area (Å²) in [7, 11) is 2.03. The Hall–Kier alpha value is -1.93. The van der Waals surface area contributed by atoms with E-state index in [1.165, 1.54) is 19.2 Å². The summed E-state index contributed by atoms with van der Waals surface area (Å²) >= 11 is 0. The number of sulfone groups is 1. The zero-order valence-corrected chi connectivity index (χ0v) is 13.7. The van der Waals surface area contributed by atoms with E-state index in [9.17, 15) is 8.42 Å². The third-order valence-corrected chi connectivity index (χ3v) is 4.79. The van der Waals surface area contributed by atoms with Crippen molar-refractivity contribution in [2.75, 3.05) is 27.7 Å². The number of methoxy groups -OCH3 is 1. The van der Waals surface area contributed by atoms with Crippen molar-refractivity contribution < 1.29 is 13.2 Å². The quantitative estimate of drug-likeness (QED) is 0.750. The van der Waals surface area contributed by atoms with Crippen LogP contribution in [0.25, 0.3) is 0 Å². The average Bonchev–Trinajstić information content (AvgIpc) is 2.92. The zero-order chi connectivity index (χ0) is 16.2. The number of rotatable bonds is 7. The number of likely N-dealkylation sites (N-methyl/N-ethyl adjacent to an activating group) is 1. The highest BCUT2D eigenvalue weighted by atomic mass is 32.2. The van der Waals surface area contributed by atoms with Gasteiger partial charge in [-0.15, -0.1) is 5.10 Å². The summed E-state index contributed by atoms with van der Waals surface area (Å²) in [5, 5.41) is 7.88. The van der Waals surface area contributed by atoms with Crippen LogP contribution in [0.3, 0.4) is 0 Å². The molecule has 120 valence electrons. The second-order valence-corrected chi connectivity index (χ2v) is 7.20. The molecule has 0 aliphatic heterocycles. The molecule has 0 fully saturated rings. The fourth-order valence-electron chi connectivity index (χ4n) is 1.88. The van der Waals surface area contributed by atoms with Crippen molar-refractivity contribution in [1.29, 1.82) is 0 Å². The van der Waals surface area contributed by atoms with E-state index in [0.29, 0.717) is 18.0 Å². The number of hydrogen-bond acceptors (Lipinski definition) is 6. The maximum absolute atomic E-state index is 12.4. The lowest BCUT2D eigenvalue weighted by Gasteiger charge is -2.07. The van der Waals surface area contributed by atoms with Gasteiger partial charge in [0.2, 0.25) is 0 Å². The molecule has 0 unspecified atom stereocenters. The molecule has 22 heavy (non-hydrogen) atoms. The van der Waals surface area contributed by atoms with Gasteiger partial charge in [0.25, 0.3) is 0 Å². The predicted octanol–water partition coefficient (Wildman–Crippen LogP) is 0.822. The first kappa shape index (κ1) is 16.4. The lowest BCUT2D eigenvalue weighted by atomic mass is 10.3. The van der Waals surface area contributed by atoms with Gasteiger partial charge in [-0.3, -0.25) is 4.68 Å². The molecule has 1 aromatic heterocycles. The van der Waals surface area contributed by atoms with Crippen LogP contribution in [0.5, 0.6) is 5.75 Å². The van der Waals surface area contributed by atoms with Crippen molar-refractivity contribution in [2.45, 2.75) is 17.2 Å². The van der Waals surface area contributed by atoms with Crippen LogP contribution in [0.2, 0.25) is 0 Å². The van der Waals surface area contributed by atoms with Gasteiger partial charge in [-0.1, -0.05) is 5.21 Å². The summed E-state index contributed by atoms with van der Waals surface area (Å²) in [4.78, 5) is 2.27. The van der Waals surface area contributed by atoms with Gasteiger partial charge in [-0.05, 0) is 38.4 Å². The van der Waals surface area contributed by atoms with Gasteiger partial charge in [0.1, 0.15) is 11.5 Å². The fraction of sp³-hybridized carbons (Fsp3) is 0.429. The first-order valence-corrected chi connectivity index (χ1v) is 8.46. The van der Waals surface area contributed by atoms with E-state index in [0.717, 1.165) is 6.54 Å². The Morgan fingerprint density at radius 1 is 1.23 bits per heavy atom. The van der Waals surface area contributed by atoms with Gasteiger partial charge in [-0.2, -0.15) is 0 Å². The average molecular weight is 324 g/mol. The Morgan fingerprint density at radius 3 is 2.50 bits per heavy atom. The molecule has 7 nitrogen and oxygen atoms in total. The Balaban J connectivity index is 2.08. The standard InChI is InChI=1S/C14H20N4O3S/c1-17(2)8-9-18-10-12(15-16-18)11-22(19,20)14-6-4-13(21-3)5-7-14/h4-7,10H,8-9,11H2,1-3H3. The molecule has 0 N–H and O–H groups in total. The summed E-state index contributed by atoms with van der Waals surface area (Å²) < 4.78 is 31.4. The third kappa shape index (κ3) is 4.28. The van der Waals surface area contributed by atoms with Gasteiger partial charge in [-0.25, -0.2) is 8.42 Å². The highest BCUT2D eigenvalue weighted by Crippen LogP contribution is 2.19. The minimum atomic E-state index is -3.44. The van der Waals surface area contributed by atoms with Crippen LogP contribution in [0, 0.1) is 0 Å². The van der Waals surface area contributed by atoms with E-state index in [1.807, 2.05) is 19.0 Å². The van der Waals surface area contributed by atoms with Gasteiger partial charge in [0.05, 0.1) is 24.2 Å². The number of nitrogens with zero attached hydrogens (tertiary/aromatic N) is 4. The van der Waals surface area contributed by atoms with Crippen molar-refractivity contribution in [2.24, 2.45) is 0 Å². The third-order valence-electron chi connectivity index (χ3n) is 3.12. The zero-order valence-electron chi connectivity index (χ0n) is 12.9. The van der Waals surface area contributed by atoms with Gasteiger partial charge in [0, 0.05) is 12.7 Å². The Kier molecular flexibility index (Phi) is 5.15. The lowest BCUT2D eigenvalue weighted by Crippen LogP contribution is -2.18. The molecule has 0 radical (unpaired) electrons. The molecule has 0 aliphatic carbocycles. The SMILES string of the molecule is COc1ccc(S(=O)(=O)Cc2cn(CCN(C)C)nn2)cc1. The Bertz CT molecular complexity index is 708. The van der Waals surface area contributed by atoms with E-state index in [-0.39, 0.29) is 10.6 Å². The number of benzene rings is 1. The highest BCUT2D eigenvalue weighted by molar-refractivity contribution is 7.90. The predicted molar refractivity (Wildman–Crippen MR) is 82.5 cm³/mol. The molecular weight excluding hydrogens is 304 g/mol. The summed E-state index contributed by atoms with van der Waals surface area (Å²) in [6.07, 6.45) is 1.67. The number of hydrogen-bond donors (Lipinski definition) is 0. The van der Waals surface area contributed by atoms with E-state index >= 15 is 0 Å². The van der Waals surface area contributed by atoms with E-state index in [1.54, 1.807) is 23.0 Å². The van der Waals surface area contributed by atoms with Crippen LogP contribution in [0.15, 0.2) is 35.4 Å². The molecule has 0 saturated heterocycles. The molecule has 0 saturated carbocycles. The van der Waals surface area contributed by atoms with Gasteiger partial charge in [0.15, 0.2) is 9.84 Å². The highest BCUT2D eigenvalue weighted by Gasteiger charge is 2.17. The molecule has 2 aromatic rings. The van der Waals surface area contributed by atoms with Crippen LogP contribution in [-0.4, -0.2) is 56.1 Å². The first-order chi connectivity index (χ1) is 10.4. The van der Waals surface area contributed by atoms with Crippen LogP contribution in [0.4, 0.5) is 0 Å². The molecule has 2 rings (SSSR count). The summed E-state index contributed by atoms with van der Waals surface area (Å²) in [5.41, 5.74) is 0.439. The molecule has 1 heterocycles. The molecule has 0 aliphatic rings. The van der Waals surface area contributed by atoms with Gasteiger partial charge >= 0.3 is 0 Å². The minimum absolute atomic E-state index is 0.165. The Labute approximate surface area is 130 Å². The topological polar surface area (TPSA) is 77.3 Å². The van der Waals surface area contributed by atoms with Crippen molar-refractivity contribution in [3.05, 3.63) is 36.2 Å². The summed E-state index contributed by atoms with van der Waals surface area (Å²) in [5.74, 6) is 0.454. The molecule has 0 bridgehead atoms. The normalized spacial score (nSPS) is 11.8. The summed E-state index contributed by atoms with van der Waals surface area (Å²) in [6, 6.07) is 6.32. The monoisotopic (exact) mass is 324 g/mol. The van der Waals surface area contributed by atoms with E-state index in [2.05, 4.69) is 10.3 Å². The lowest BCUT2D eigenvalue weighted by molar-refractivity contribution is 0.370. The fourth-order valence-corrected chi connectivity index (χ4v) is 3.12. The molecule has 0 atom stereocenters. The van der Waals surface area contributed by atoms with Crippen LogP contribution < -0.4 is 4.74 Å². The van der Waals surface area contributed by atoms with Crippen molar-refractivity contribution >= 4 is 9.84 Å². The smallest absolute Gasteiger partial charge is 0.184 e. The van der Waals surface area contributed by atoms with Crippen LogP contribution in [-0.2, 0) is 22.1 Å². The van der Waals surface area contributed by atoms with Crippen LogP contribution in [0.1, 0.15) is 5.69 Å². The van der Waals surface area contributed by atoms with E-state index in [4.69, 9.17) is 4.74 Å². The second kappa shape index (κ2) is 6.89. The molecule has 8 heteroatoms. The number of aromatic nitrogens is 3. The van der Waals surface area contributed by atoms with Crippen molar-refractivity contribution in [1.82, 2.24) is 19.9 Å². The van der Waals surface area contributed by atoms with Crippen molar-refractivity contribution in [3.63, 3.8) is 0 Å². The van der Waals surface area contributed by atoms with Crippen LogP contribution >= 0.6 is 0 Å². The Morgan fingerprint density at radius 2 is 1.91 bits per heavy atom. The number of ether oxygens (including phenoxy) is 1. The molecule has 0 spiro atoms. The van der Waals surface area contributed by atoms with Gasteiger partial charge < -0.3 is 9.64 Å². The second-order valence-electron chi connectivity index (χ2n) is 5.21. The molecule has 1 aromatic carbocycles. The molecular formula is C14H20N4O3S. The van der Waals surface area contributed by atoms with Crippen molar-refractivity contribution in [3.8, 4) is 5.75 Å². The molecule has 0 amide bonds.